The van der Waals surface area contributed by atoms with Crippen LogP contribution < -0.4 is 10.5 Å². The van der Waals surface area contributed by atoms with Crippen molar-refractivity contribution in [1.82, 2.24) is 0 Å². The molecular weight excluding hydrogens is 198 g/mol. The SMILES string of the molecule is N#Cc1ccc(OCCN)cc1[N+](=O)[O-]. The average Bonchev–Trinajstić information content (AvgIpc) is 2.25. The number of hydrogen-bond acceptors (Lipinski definition) is 5. The van der Waals surface area contributed by atoms with Crippen LogP contribution in [0.4, 0.5) is 5.69 Å². The molecule has 15 heavy (non-hydrogen) atoms. The van der Waals surface area contributed by atoms with Gasteiger partial charge in [0.15, 0.2) is 0 Å². The van der Waals surface area contributed by atoms with Crippen molar-refractivity contribution >= 4 is 5.69 Å². The summed E-state index contributed by atoms with van der Waals surface area (Å²) in [7, 11) is 0. The van der Waals surface area contributed by atoms with E-state index in [-0.39, 0.29) is 17.9 Å². The summed E-state index contributed by atoms with van der Waals surface area (Å²) < 4.78 is 5.11. The molecule has 0 aromatic heterocycles. The number of nitrogens with two attached hydrogens (primary N) is 1. The van der Waals surface area contributed by atoms with Crippen molar-refractivity contribution in [1.29, 1.82) is 5.26 Å². The molecule has 0 saturated carbocycles. The lowest BCUT2D eigenvalue weighted by Crippen LogP contribution is -2.10. The van der Waals surface area contributed by atoms with Crippen molar-refractivity contribution in [3.05, 3.63) is 33.9 Å². The molecule has 0 heterocycles. The number of rotatable bonds is 4. The Morgan fingerprint density at radius 2 is 2.33 bits per heavy atom. The maximum atomic E-state index is 10.6. The highest BCUT2D eigenvalue weighted by Gasteiger charge is 2.14. The smallest absolute Gasteiger partial charge is 0.290 e. The minimum atomic E-state index is -0.617. The number of nitro groups is 1. The highest BCUT2D eigenvalue weighted by molar-refractivity contribution is 5.52. The van der Waals surface area contributed by atoms with Crippen molar-refractivity contribution in [2.24, 2.45) is 5.73 Å². The Hall–Kier alpha value is -2.13. The molecule has 0 aliphatic carbocycles. The molecule has 6 nitrogen and oxygen atoms in total. The van der Waals surface area contributed by atoms with E-state index in [2.05, 4.69) is 0 Å². The fourth-order valence-corrected chi connectivity index (χ4v) is 1.02. The standard InChI is InChI=1S/C9H9N3O3/c10-3-4-15-8-2-1-7(6-11)9(5-8)12(13)14/h1-2,5H,3-4,10H2. The molecule has 0 unspecified atom stereocenters. The molecule has 0 spiro atoms. The molecule has 1 aromatic rings. The Morgan fingerprint density at radius 1 is 1.60 bits per heavy atom. The molecule has 0 amide bonds. The number of nitro benzene ring substituents is 1. The maximum absolute atomic E-state index is 10.6. The van der Waals surface area contributed by atoms with Crippen LogP contribution >= 0.6 is 0 Å². The maximum Gasteiger partial charge on any atom is 0.290 e. The van der Waals surface area contributed by atoms with Crippen LogP contribution in [-0.2, 0) is 0 Å². The van der Waals surface area contributed by atoms with Gasteiger partial charge in [-0.3, -0.25) is 10.1 Å². The molecule has 1 aromatic carbocycles. The summed E-state index contributed by atoms with van der Waals surface area (Å²) in [5.74, 6) is 0.339. The van der Waals surface area contributed by atoms with Crippen LogP contribution in [0.2, 0.25) is 0 Å². The second-order valence-corrected chi connectivity index (χ2v) is 2.69. The van der Waals surface area contributed by atoms with Gasteiger partial charge in [0.25, 0.3) is 5.69 Å². The largest absolute Gasteiger partial charge is 0.492 e. The number of nitriles is 1. The summed E-state index contributed by atoms with van der Waals surface area (Å²) in [4.78, 5) is 9.96. The number of benzene rings is 1. The lowest BCUT2D eigenvalue weighted by Gasteiger charge is -2.03. The van der Waals surface area contributed by atoms with E-state index < -0.39 is 4.92 Å². The highest BCUT2D eigenvalue weighted by atomic mass is 16.6. The third-order valence-electron chi connectivity index (χ3n) is 1.67. The quantitative estimate of drug-likeness (QED) is 0.581. The minimum Gasteiger partial charge on any atom is -0.492 e. The first-order valence-electron chi connectivity index (χ1n) is 4.20. The second-order valence-electron chi connectivity index (χ2n) is 2.69. The predicted molar refractivity (Wildman–Crippen MR) is 52.4 cm³/mol. The molecule has 6 heteroatoms. The Morgan fingerprint density at radius 3 is 2.87 bits per heavy atom. The van der Waals surface area contributed by atoms with Gasteiger partial charge in [0.1, 0.15) is 24.0 Å². The van der Waals surface area contributed by atoms with Gasteiger partial charge in [0.05, 0.1) is 11.0 Å². The summed E-state index contributed by atoms with van der Waals surface area (Å²) in [6.07, 6.45) is 0. The first kappa shape index (κ1) is 10.9. The summed E-state index contributed by atoms with van der Waals surface area (Å²) in [5, 5.41) is 19.2. The molecule has 1 rings (SSSR count). The Balaban J connectivity index is 3.01. The van der Waals surface area contributed by atoms with Crippen LogP contribution in [0.1, 0.15) is 5.56 Å². The van der Waals surface area contributed by atoms with Crippen molar-refractivity contribution in [2.75, 3.05) is 13.2 Å². The van der Waals surface area contributed by atoms with Crippen LogP contribution in [0, 0.1) is 21.4 Å². The van der Waals surface area contributed by atoms with Crippen LogP contribution in [0.3, 0.4) is 0 Å². The van der Waals surface area contributed by atoms with E-state index in [0.717, 1.165) is 0 Å². The van der Waals surface area contributed by atoms with Gasteiger partial charge >= 0.3 is 0 Å². The van der Waals surface area contributed by atoms with Crippen molar-refractivity contribution in [3.63, 3.8) is 0 Å². The van der Waals surface area contributed by atoms with Gasteiger partial charge in [-0.25, -0.2) is 0 Å². The number of ether oxygens (including phenoxy) is 1. The molecule has 0 atom stereocenters. The highest BCUT2D eigenvalue weighted by Crippen LogP contribution is 2.23. The van der Waals surface area contributed by atoms with E-state index in [9.17, 15) is 10.1 Å². The van der Waals surface area contributed by atoms with E-state index in [1.165, 1.54) is 18.2 Å². The van der Waals surface area contributed by atoms with Crippen LogP contribution in [0.15, 0.2) is 18.2 Å². The average molecular weight is 207 g/mol. The van der Waals surface area contributed by atoms with Crippen molar-refractivity contribution < 1.29 is 9.66 Å². The van der Waals surface area contributed by atoms with Gasteiger partial charge in [-0.05, 0) is 12.1 Å². The molecular formula is C9H9N3O3. The fraction of sp³-hybridized carbons (Fsp3) is 0.222. The topological polar surface area (TPSA) is 102 Å². The molecule has 0 saturated heterocycles. The van der Waals surface area contributed by atoms with Crippen LogP contribution in [-0.4, -0.2) is 18.1 Å². The number of hydrogen-bond donors (Lipinski definition) is 1. The number of nitrogens with zero attached hydrogens (tertiary/aromatic N) is 2. The van der Waals surface area contributed by atoms with Gasteiger partial charge in [-0.15, -0.1) is 0 Å². The summed E-state index contributed by atoms with van der Waals surface area (Å²) in [6, 6.07) is 5.81. The van der Waals surface area contributed by atoms with Crippen LogP contribution in [0.5, 0.6) is 5.75 Å². The Bertz CT molecular complexity index is 412. The minimum absolute atomic E-state index is 0.0140. The fourth-order valence-electron chi connectivity index (χ4n) is 1.02. The molecule has 0 radical (unpaired) electrons. The Kier molecular flexibility index (Phi) is 3.60. The lowest BCUT2D eigenvalue weighted by molar-refractivity contribution is -0.385. The van der Waals surface area contributed by atoms with E-state index in [1.54, 1.807) is 6.07 Å². The van der Waals surface area contributed by atoms with Gasteiger partial charge in [-0.1, -0.05) is 0 Å². The predicted octanol–water partition coefficient (Wildman–Crippen LogP) is 0.804. The summed E-state index contributed by atoms with van der Waals surface area (Å²) >= 11 is 0. The summed E-state index contributed by atoms with van der Waals surface area (Å²) in [6.45, 7) is 0.608. The molecule has 78 valence electrons. The van der Waals surface area contributed by atoms with Gasteiger partial charge in [0.2, 0.25) is 0 Å². The van der Waals surface area contributed by atoms with E-state index in [0.29, 0.717) is 12.3 Å². The molecule has 0 fully saturated rings. The third kappa shape index (κ3) is 2.65. The monoisotopic (exact) mass is 207 g/mol. The van der Waals surface area contributed by atoms with Gasteiger partial charge in [0, 0.05) is 6.54 Å². The van der Waals surface area contributed by atoms with Gasteiger partial charge in [-0.2, -0.15) is 5.26 Å². The second kappa shape index (κ2) is 4.93. The van der Waals surface area contributed by atoms with Crippen molar-refractivity contribution in [2.45, 2.75) is 0 Å². The van der Waals surface area contributed by atoms with Gasteiger partial charge < -0.3 is 10.5 Å². The summed E-state index contributed by atoms with van der Waals surface area (Å²) in [5.41, 5.74) is 4.98. The molecule has 0 aliphatic rings. The Labute approximate surface area is 86.0 Å². The first-order chi connectivity index (χ1) is 7.19. The third-order valence-corrected chi connectivity index (χ3v) is 1.67. The zero-order valence-corrected chi connectivity index (χ0v) is 7.84. The molecule has 2 N–H and O–H groups in total. The molecule has 0 bridgehead atoms. The van der Waals surface area contributed by atoms with E-state index >= 15 is 0 Å². The lowest BCUT2D eigenvalue weighted by atomic mass is 10.2. The zero-order chi connectivity index (χ0) is 11.3. The van der Waals surface area contributed by atoms with Crippen molar-refractivity contribution in [3.8, 4) is 11.8 Å². The zero-order valence-electron chi connectivity index (χ0n) is 7.84. The normalized spacial score (nSPS) is 9.33. The van der Waals surface area contributed by atoms with E-state index in [1.807, 2.05) is 0 Å². The molecule has 0 aliphatic heterocycles. The van der Waals surface area contributed by atoms with E-state index in [4.69, 9.17) is 15.7 Å². The first-order valence-corrected chi connectivity index (χ1v) is 4.20. The van der Waals surface area contributed by atoms with Crippen LogP contribution in [0.25, 0.3) is 0 Å².